The molecule has 108 valence electrons. The SMILES string of the molecule is C/C(=N\O)c1ccccc1OCc1ccccc1[N+](=O)[O-]. The lowest BCUT2D eigenvalue weighted by molar-refractivity contribution is -0.385. The van der Waals surface area contributed by atoms with Crippen molar-refractivity contribution in [1.29, 1.82) is 0 Å². The highest BCUT2D eigenvalue weighted by Gasteiger charge is 2.14. The molecular weight excluding hydrogens is 272 g/mol. The second-order valence-electron chi connectivity index (χ2n) is 4.36. The average molecular weight is 286 g/mol. The Balaban J connectivity index is 2.24. The summed E-state index contributed by atoms with van der Waals surface area (Å²) in [6.45, 7) is 1.71. The number of hydrogen-bond donors (Lipinski definition) is 1. The minimum absolute atomic E-state index is 0.0162. The summed E-state index contributed by atoms with van der Waals surface area (Å²) in [5.41, 5.74) is 1.55. The third kappa shape index (κ3) is 3.36. The fourth-order valence-corrected chi connectivity index (χ4v) is 1.91. The fraction of sp³-hybridized carbons (Fsp3) is 0.133. The van der Waals surface area contributed by atoms with Crippen LogP contribution in [0.25, 0.3) is 0 Å². The molecular formula is C15H14N2O4. The Hall–Kier alpha value is -2.89. The molecule has 0 fully saturated rings. The van der Waals surface area contributed by atoms with Crippen LogP contribution in [0.5, 0.6) is 5.75 Å². The molecule has 0 radical (unpaired) electrons. The first-order valence-corrected chi connectivity index (χ1v) is 6.26. The zero-order valence-electron chi connectivity index (χ0n) is 11.4. The van der Waals surface area contributed by atoms with Crippen LogP contribution < -0.4 is 4.74 Å². The Labute approximate surface area is 121 Å². The van der Waals surface area contributed by atoms with Crippen LogP contribution in [0.15, 0.2) is 53.7 Å². The summed E-state index contributed by atoms with van der Waals surface area (Å²) in [5, 5.41) is 23.0. The van der Waals surface area contributed by atoms with Gasteiger partial charge in [-0.3, -0.25) is 10.1 Å². The summed E-state index contributed by atoms with van der Waals surface area (Å²) in [6, 6.07) is 13.5. The summed E-state index contributed by atoms with van der Waals surface area (Å²) >= 11 is 0. The minimum atomic E-state index is -0.439. The molecule has 0 spiro atoms. The maximum absolute atomic E-state index is 11.0. The second-order valence-corrected chi connectivity index (χ2v) is 4.36. The van der Waals surface area contributed by atoms with Crippen LogP contribution in [-0.2, 0) is 6.61 Å². The van der Waals surface area contributed by atoms with E-state index in [1.165, 1.54) is 6.07 Å². The van der Waals surface area contributed by atoms with Crippen molar-refractivity contribution in [2.45, 2.75) is 13.5 Å². The van der Waals surface area contributed by atoms with Gasteiger partial charge in [-0.15, -0.1) is 0 Å². The van der Waals surface area contributed by atoms with E-state index in [1.807, 2.05) is 0 Å². The molecule has 0 saturated heterocycles. The number of benzene rings is 2. The molecule has 0 aromatic heterocycles. The quantitative estimate of drug-likeness (QED) is 0.395. The standard InChI is InChI=1S/C15H14N2O4/c1-11(16-18)13-7-3-5-9-15(13)21-10-12-6-2-4-8-14(12)17(19)20/h2-9,18H,10H2,1H3/b16-11+. The van der Waals surface area contributed by atoms with Gasteiger partial charge in [0.05, 0.1) is 16.2 Å². The number of oxime groups is 1. The van der Waals surface area contributed by atoms with Crippen LogP contribution in [0.2, 0.25) is 0 Å². The van der Waals surface area contributed by atoms with E-state index < -0.39 is 4.92 Å². The van der Waals surface area contributed by atoms with Crippen molar-refractivity contribution in [3.05, 3.63) is 69.8 Å². The summed E-state index contributed by atoms with van der Waals surface area (Å²) < 4.78 is 5.64. The van der Waals surface area contributed by atoms with Crippen LogP contribution in [0.1, 0.15) is 18.1 Å². The van der Waals surface area contributed by atoms with Crippen molar-refractivity contribution in [2.24, 2.45) is 5.16 Å². The first-order chi connectivity index (χ1) is 10.1. The minimum Gasteiger partial charge on any atom is -0.488 e. The molecule has 6 nitrogen and oxygen atoms in total. The molecule has 0 aliphatic carbocycles. The van der Waals surface area contributed by atoms with Crippen molar-refractivity contribution in [3.63, 3.8) is 0 Å². The van der Waals surface area contributed by atoms with Gasteiger partial charge in [0.2, 0.25) is 0 Å². The van der Waals surface area contributed by atoms with E-state index in [2.05, 4.69) is 5.16 Å². The maximum atomic E-state index is 11.0. The summed E-state index contributed by atoms with van der Waals surface area (Å²) in [5.74, 6) is 0.506. The molecule has 1 N–H and O–H groups in total. The average Bonchev–Trinajstić information content (AvgIpc) is 2.52. The largest absolute Gasteiger partial charge is 0.488 e. The molecule has 0 atom stereocenters. The van der Waals surface area contributed by atoms with E-state index in [4.69, 9.17) is 9.94 Å². The third-order valence-electron chi connectivity index (χ3n) is 3.00. The van der Waals surface area contributed by atoms with E-state index in [1.54, 1.807) is 49.4 Å². The molecule has 0 heterocycles. The summed E-state index contributed by atoms with van der Waals surface area (Å²) in [7, 11) is 0. The van der Waals surface area contributed by atoms with E-state index in [9.17, 15) is 10.1 Å². The van der Waals surface area contributed by atoms with E-state index in [0.717, 1.165) is 0 Å². The van der Waals surface area contributed by atoms with Crippen molar-refractivity contribution < 1.29 is 14.9 Å². The van der Waals surface area contributed by atoms with Crippen molar-refractivity contribution in [2.75, 3.05) is 0 Å². The molecule has 21 heavy (non-hydrogen) atoms. The first-order valence-electron chi connectivity index (χ1n) is 6.26. The number of para-hydroxylation sites is 2. The number of hydrogen-bond acceptors (Lipinski definition) is 5. The molecule has 0 bridgehead atoms. The molecule has 0 saturated carbocycles. The zero-order chi connectivity index (χ0) is 15.2. The predicted molar refractivity (Wildman–Crippen MR) is 77.9 cm³/mol. The maximum Gasteiger partial charge on any atom is 0.276 e. The first kappa shape index (κ1) is 14.5. The molecule has 0 aliphatic heterocycles. The molecule has 2 aromatic carbocycles. The molecule has 0 unspecified atom stereocenters. The number of nitro groups is 1. The van der Waals surface area contributed by atoms with E-state index in [-0.39, 0.29) is 12.3 Å². The predicted octanol–water partition coefficient (Wildman–Crippen LogP) is 3.37. The van der Waals surface area contributed by atoms with E-state index in [0.29, 0.717) is 22.6 Å². The number of nitrogens with zero attached hydrogens (tertiary/aromatic N) is 2. The van der Waals surface area contributed by atoms with Gasteiger partial charge >= 0.3 is 0 Å². The van der Waals surface area contributed by atoms with E-state index >= 15 is 0 Å². The highest BCUT2D eigenvalue weighted by Crippen LogP contribution is 2.23. The molecule has 2 rings (SSSR count). The molecule has 6 heteroatoms. The monoisotopic (exact) mass is 286 g/mol. The summed E-state index contributed by atoms with van der Waals surface area (Å²) in [4.78, 5) is 10.5. The highest BCUT2D eigenvalue weighted by atomic mass is 16.6. The Morgan fingerprint density at radius 3 is 2.62 bits per heavy atom. The van der Waals surface area contributed by atoms with Crippen molar-refractivity contribution >= 4 is 11.4 Å². The van der Waals surface area contributed by atoms with Gasteiger partial charge in [0.15, 0.2) is 0 Å². The van der Waals surface area contributed by atoms with Crippen LogP contribution in [-0.4, -0.2) is 15.8 Å². The Kier molecular flexibility index (Phi) is 4.50. The number of nitro benzene ring substituents is 1. The molecule has 0 aliphatic rings. The van der Waals surface area contributed by atoms with Gasteiger partial charge in [-0.1, -0.05) is 29.4 Å². The van der Waals surface area contributed by atoms with Crippen molar-refractivity contribution in [1.82, 2.24) is 0 Å². The number of rotatable bonds is 5. The highest BCUT2D eigenvalue weighted by molar-refractivity contribution is 6.00. The molecule has 2 aromatic rings. The van der Waals surface area contributed by atoms with Gasteiger partial charge in [-0.25, -0.2) is 0 Å². The zero-order valence-corrected chi connectivity index (χ0v) is 11.4. The number of ether oxygens (including phenoxy) is 1. The second kappa shape index (κ2) is 6.51. The third-order valence-corrected chi connectivity index (χ3v) is 3.00. The topological polar surface area (TPSA) is 85.0 Å². The van der Waals surface area contributed by atoms with Crippen LogP contribution >= 0.6 is 0 Å². The smallest absolute Gasteiger partial charge is 0.276 e. The van der Waals surface area contributed by atoms with Gasteiger partial charge in [-0.05, 0) is 25.1 Å². The lowest BCUT2D eigenvalue weighted by atomic mass is 10.1. The summed E-state index contributed by atoms with van der Waals surface area (Å²) in [6.07, 6.45) is 0. The molecule has 0 amide bonds. The van der Waals surface area contributed by atoms with Gasteiger partial charge in [0.25, 0.3) is 5.69 Å². The van der Waals surface area contributed by atoms with Gasteiger partial charge < -0.3 is 9.94 Å². The normalized spacial score (nSPS) is 11.2. The van der Waals surface area contributed by atoms with Gasteiger partial charge in [0.1, 0.15) is 12.4 Å². The van der Waals surface area contributed by atoms with Crippen LogP contribution in [0, 0.1) is 10.1 Å². The van der Waals surface area contributed by atoms with Crippen LogP contribution in [0.3, 0.4) is 0 Å². The Morgan fingerprint density at radius 2 is 1.90 bits per heavy atom. The van der Waals surface area contributed by atoms with Gasteiger partial charge in [-0.2, -0.15) is 0 Å². The lowest BCUT2D eigenvalue weighted by Crippen LogP contribution is -2.04. The van der Waals surface area contributed by atoms with Gasteiger partial charge in [0, 0.05) is 11.6 Å². The van der Waals surface area contributed by atoms with Crippen molar-refractivity contribution in [3.8, 4) is 5.75 Å². The van der Waals surface area contributed by atoms with Crippen LogP contribution in [0.4, 0.5) is 5.69 Å². The Morgan fingerprint density at radius 1 is 1.24 bits per heavy atom. The fourth-order valence-electron chi connectivity index (χ4n) is 1.91. The Bertz CT molecular complexity index is 683. The lowest BCUT2D eigenvalue weighted by Gasteiger charge is -2.10.